The molecule has 16 heavy (non-hydrogen) atoms. The molecule has 1 aromatic rings. The number of nitrogens with one attached hydrogen (secondary N) is 1. The van der Waals surface area contributed by atoms with Crippen LogP contribution in [0.3, 0.4) is 0 Å². The van der Waals surface area contributed by atoms with Gasteiger partial charge in [-0.2, -0.15) is 8.78 Å². The predicted octanol–water partition coefficient (Wildman–Crippen LogP) is 1.39. The van der Waals surface area contributed by atoms with Crippen molar-refractivity contribution >= 4 is 15.1 Å². The summed E-state index contributed by atoms with van der Waals surface area (Å²) in [6, 6.07) is 2.71. The van der Waals surface area contributed by atoms with Crippen LogP contribution in [-0.4, -0.2) is 27.9 Å². The molecule has 90 valence electrons. The van der Waals surface area contributed by atoms with Crippen molar-refractivity contribution in [2.75, 3.05) is 13.3 Å². The van der Waals surface area contributed by atoms with Crippen LogP contribution in [0.4, 0.5) is 8.78 Å². The van der Waals surface area contributed by atoms with E-state index in [9.17, 15) is 13.0 Å². The third kappa shape index (κ3) is 3.53. The number of alkyl halides is 2. The summed E-state index contributed by atoms with van der Waals surface area (Å²) in [5.41, 5.74) is 0.256. The van der Waals surface area contributed by atoms with Crippen molar-refractivity contribution in [2.24, 2.45) is 0 Å². The molecule has 0 amide bonds. The van der Waals surface area contributed by atoms with Crippen molar-refractivity contribution < 1.29 is 13.0 Å². The van der Waals surface area contributed by atoms with Crippen LogP contribution in [0.2, 0.25) is 0 Å². The quantitative estimate of drug-likeness (QED) is 0.821. The number of halogens is 2. The van der Waals surface area contributed by atoms with Crippen LogP contribution in [0, 0.1) is 0 Å². The van der Waals surface area contributed by atoms with E-state index < -0.39 is 15.6 Å². The van der Waals surface area contributed by atoms with Crippen molar-refractivity contribution in [1.82, 2.24) is 9.71 Å². The van der Waals surface area contributed by atoms with Crippen molar-refractivity contribution in [1.29, 1.82) is 0 Å². The molecule has 6 heteroatoms. The smallest absolute Gasteiger partial charge is 0.254 e. The highest BCUT2D eigenvalue weighted by Gasteiger charge is 2.25. The molecular formula is C10H14F2N2OS. The van der Waals surface area contributed by atoms with E-state index >= 15 is 0 Å². The lowest BCUT2D eigenvalue weighted by atomic mass is 10.2. The molecule has 0 saturated heterocycles. The largest absolute Gasteiger partial charge is 0.286 e. The van der Waals surface area contributed by atoms with Crippen molar-refractivity contribution in [3.63, 3.8) is 0 Å². The Labute approximate surface area is 94.0 Å². The summed E-state index contributed by atoms with van der Waals surface area (Å²) in [6.45, 7) is 0.787. The first-order valence-electron chi connectivity index (χ1n) is 4.61. The van der Waals surface area contributed by atoms with Gasteiger partial charge in [0.2, 0.25) is 0 Å². The Bertz CT molecular complexity index is 471. The van der Waals surface area contributed by atoms with Crippen LogP contribution < -0.4 is 4.72 Å². The van der Waals surface area contributed by atoms with Gasteiger partial charge >= 0.3 is 0 Å². The van der Waals surface area contributed by atoms with Crippen molar-refractivity contribution in [3.05, 3.63) is 29.6 Å². The lowest BCUT2D eigenvalue weighted by molar-refractivity contribution is 0.0128. The summed E-state index contributed by atoms with van der Waals surface area (Å²) < 4.78 is 40.0. The molecular weight excluding hydrogens is 234 g/mol. The van der Waals surface area contributed by atoms with Gasteiger partial charge in [0.15, 0.2) is 0 Å². The summed E-state index contributed by atoms with van der Waals surface area (Å²) in [5.74, 6) is -2.95. The van der Waals surface area contributed by atoms with Gasteiger partial charge in [0.1, 0.15) is 5.69 Å². The van der Waals surface area contributed by atoms with E-state index in [2.05, 4.69) is 9.71 Å². The second-order valence-electron chi connectivity index (χ2n) is 3.59. The third-order valence-corrected chi connectivity index (χ3v) is 3.53. The average Bonchev–Trinajstić information content (AvgIpc) is 2.16. The minimum absolute atomic E-state index is 0.295. The molecule has 3 nitrogen and oxygen atoms in total. The monoisotopic (exact) mass is 248 g/mol. The molecule has 1 atom stereocenters. The molecule has 0 aliphatic heterocycles. The Morgan fingerprint density at radius 3 is 2.50 bits per heavy atom. The van der Waals surface area contributed by atoms with Crippen LogP contribution in [0.15, 0.2) is 18.3 Å². The lowest BCUT2D eigenvalue weighted by Crippen LogP contribution is -2.19. The highest BCUT2D eigenvalue weighted by Crippen LogP contribution is 2.24. The van der Waals surface area contributed by atoms with Gasteiger partial charge in [-0.1, -0.05) is 6.07 Å². The number of pyridine rings is 1. The SMILES string of the molecule is CNS(C)(=O)=Cc1ccc(C(C)(F)F)nc1. The van der Waals surface area contributed by atoms with Gasteiger partial charge in [0.05, 0.1) is 0 Å². The van der Waals surface area contributed by atoms with Crippen LogP contribution in [-0.2, 0) is 15.6 Å². The number of aromatic nitrogens is 1. The number of rotatable bonds is 3. The number of hydrogen-bond acceptors (Lipinski definition) is 2. The maximum absolute atomic E-state index is 12.8. The highest BCUT2D eigenvalue weighted by molar-refractivity contribution is 7.99. The van der Waals surface area contributed by atoms with Gasteiger partial charge in [-0.25, -0.2) is 4.72 Å². The van der Waals surface area contributed by atoms with E-state index in [0.717, 1.165) is 6.92 Å². The summed E-state index contributed by atoms with van der Waals surface area (Å²) in [6.07, 6.45) is 2.81. The van der Waals surface area contributed by atoms with Crippen LogP contribution >= 0.6 is 0 Å². The Kier molecular flexibility index (Phi) is 3.64. The van der Waals surface area contributed by atoms with E-state index in [-0.39, 0.29) is 5.69 Å². The normalized spacial score (nSPS) is 15.6. The summed E-state index contributed by atoms with van der Waals surface area (Å²) in [7, 11) is -0.703. The van der Waals surface area contributed by atoms with Gasteiger partial charge in [0.25, 0.3) is 5.92 Å². The van der Waals surface area contributed by atoms with Crippen LogP contribution in [0.5, 0.6) is 0 Å². The zero-order valence-corrected chi connectivity index (χ0v) is 10.1. The molecule has 0 fully saturated rings. The second-order valence-corrected chi connectivity index (χ2v) is 6.04. The number of nitrogens with zero attached hydrogens (tertiary/aromatic N) is 1. The van der Waals surface area contributed by atoms with Crippen LogP contribution in [0.1, 0.15) is 18.2 Å². The minimum atomic E-state index is -2.95. The topological polar surface area (TPSA) is 42.0 Å². The van der Waals surface area contributed by atoms with E-state index in [4.69, 9.17) is 0 Å². The van der Waals surface area contributed by atoms with Gasteiger partial charge in [0, 0.05) is 40.0 Å². The fourth-order valence-corrected chi connectivity index (χ4v) is 1.83. The van der Waals surface area contributed by atoms with Gasteiger partial charge in [-0.15, -0.1) is 0 Å². The fraction of sp³-hybridized carbons (Fsp3) is 0.400. The summed E-state index contributed by atoms with van der Waals surface area (Å²) >= 11 is 0. The van der Waals surface area contributed by atoms with E-state index in [1.807, 2.05) is 0 Å². The zero-order chi connectivity index (χ0) is 12.4. The highest BCUT2D eigenvalue weighted by atomic mass is 32.2. The minimum Gasteiger partial charge on any atom is -0.254 e. The van der Waals surface area contributed by atoms with Gasteiger partial charge in [-0.3, -0.25) is 9.19 Å². The first-order valence-corrected chi connectivity index (χ1v) is 6.64. The first kappa shape index (κ1) is 13.1. The molecule has 0 saturated carbocycles. The molecule has 0 radical (unpaired) electrons. The molecule has 1 N–H and O–H groups in total. The Hall–Kier alpha value is -1.01. The zero-order valence-electron chi connectivity index (χ0n) is 9.33. The Morgan fingerprint density at radius 2 is 2.12 bits per heavy atom. The molecule has 1 aromatic heterocycles. The van der Waals surface area contributed by atoms with Crippen molar-refractivity contribution in [3.8, 4) is 0 Å². The lowest BCUT2D eigenvalue weighted by Gasteiger charge is -2.09. The van der Waals surface area contributed by atoms with Gasteiger partial charge in [-0.05, 0) is 13.1 Å². The Morgan fingerprint density at radius 1 is 1.50 bits per heavy atom. The molecule has 0 spiro atoms. The molecule has 0 aliphatic rings. The summed E-state index contributed by atoms with van der Waals surface area (Å²) in [5, 5.41) is 1.47. The molecule has 1 heterocycles. The maximum atomic E-state index is 12.8. The van der Waals surface area contributed by atoms with Crippen LogP contribution in [0.25, 0.3) is 0 Å². The molecule has 1 rings (SSSR count). The first-order chi connectivity index (χ1) is 7.24. The molecule has 0 bridgehead atoms. The molecule has 1 unspecified atom stereocenters. The van der Waals surface area contributed by atoms with E-state index in [1.165, 1.54) is 30.0 Å². The maximum Gasteiger partial charge on any atom is 0.286 e. The third-order valence-electron chi connectivity index (χ3n) is 2.00. The van der Waals surface area contributed by atoms with Gasteiger partial charge < -0.3 is 0 Å². The Balaban J connectivity index is 3.06. The van der Waals surface area contributed by atoms with Crippen molar-refractivity contribution in [2.45, 2.75) is 12.8 Å². The average molecular weight is 248 g/mol. The molecule has 0 aromatic carbocycles. The standard InChI is InChI=1S/C10H14F2N2OS/c1-10(11,12)9-5-4-8(6-14-9)7-16(3,15)13-2/h4-7H,1-3H3,(H,13,15). The van der Waals surface area contributed by atoms with E-state index in [1.54, 1.807) is 7.05 Å². The summed E-state index contributed by atoms with van der Waals surface area (Å²) in [4.78, 5) is 3.63. The molecule has 0 aliphatic carbocycles. The second kappa shape index (κ2) is 4.47. The fourth-order valence-electron chi connectivity index (χ4n) is 1.05. The predicted molar refractivity (Wildman–Crippen MR) is 62.1 cm³/mol. The number of hydrogen-bond donors (Lipinski definition) is 1. The van der Waals surface area contributed by atoms with E-state index in [0.29, 0.717) is 5.56 Å².